The molecule has 27 heavy (non-hydrogen) atoms. The number of rotatable bonds is 2. The molecule has 2 aromatic rings. The molecule has 138 valence electrons. The Morgan fingerprint density at radius 2 is 2.04 bits per heavy atom. The first-order chi connectivity index (χ1) is 13.0. The van der Waals surface area contributed by atoms with Crippen molar-refractivity contribution in [1.29, 1.82) is 0 Å². The number of nitrogens with one attached hydrogen (secondary N) is 1. The smallest absolute Gasteiger partial charge is 0.150 e. The van der Waals surface area contributed by atoms with Crippen molar-refractivity contribution in [2.24, 2.45) is 11.8 Å². The van der Waals surface area contributed by atoms with Gasteiger partial charge in [-0.1, -0.05) is 37.8 Å². The van der Waals surface area contributed by atoms with Crippen molar-refractivity contribution < 1.29 is 14.6 Å². The van der Waals surface area contributed by atoms with Crippen molar-refractivity contribution in [3.05, 3.63) is 59.9 Å². The van der Waals surface area contributed by atoms with E-state index in [0.717, 1.165) is 28.0 Å². The van der Waals surface area contributed by atoms with Crippen LogP contribution in [0.25, 0.3) is 16.5 Å². The van der Waals surface area contributed by atoms with E-state index in [2.05, 4.69) is 43.9 Å². The minimum atomic E-state index is -0.371. The molecule has 6 unspecified atom stereocenters. The van der Waals surface area contributed by atoms with Crippen LogP contribution in [0.5, 0.6) is 5.75 Å². The highest BCUT2D eigenvalue weighted by atomic mass is 16.5. The molecule has 2 heterocycles. The number of aliphatic hydroxyl groups is 1. The Hall–Kier alpha value is -2.30. The first kappa shape index (κ1) is 15.7. The average Bonchev–Trinajstić information content (AvgIpc) is 2.99. The van der Waals surface area contributed by atoms with Gasteiger partial charge in [0, 0.05) is 35.3 Å². The molecule has 6 atom stereocenters. The van der Waals surface area contributed by atoms with Crippen molar-refractivity contribution in [2.75, 3.05) is 7.11 Å². The third-order valence-electron chi connectivity index (χ3n) is 7.98. The normalized spacial score (nSPS) is 40.1. The van der Waals surface area contributed by atoms with Crippen LogP contribution in [0.2, 0.25) is 0 Å². The molecule has 2 bridgehead atoms. The predicted molar refractivity (Wildman–Crippen MR) is 104 cm³/mol. The molecule has 2 aliphatic heterocycles. The van der Waals surface area contributed by atoms with E-state index in [1.165, 1.54) is 11.1 Å². The van der Waals surface area contributed by atoms with Crippen molar-refractivity contribution in [3.8, 4) is 5.75 Å². The zero-order chi connectivity index (χ0) is 18.7. The minimum Gasteiger partial charge on any atom is -0.455 e. The quantitative estimate of drug-likeness (QED) is 0.861. The number of aliphatic hydroxyl groups excluding tert-OH is 1. The topological polar surface area (TPSA) is 50.7 Å². The molecule has 0 aromatic heterocycles. The van der Waals surface area contributed by atoms with Gasteiger partial charge in [-0.15, -0.1) is 0 Å². The van der Waals surface area contributed by atoms with E-state index in [-0.39, 0.29) is 35.0 Å². The third-order valence-corrected chi connectivity index (χ3v) is 7.98. The van der Waals surface area contributed by atoms with Crippen LogP contribution >= 0.6 is 0 Å². The van der Waals surface area contributed by atoms with Crippen LogP contribution in [0.4, 0.5) is 0 Å². The Morgan fingerprint density at radius 3 is 2.78 bits per heavy atom. The summed E-state index contributed by atoms with van der Waals surface area (Å²) >= 11 is 0. The highest BCUT2D eigenvalue weighted by Crippen LogP contribution is 2.70. The minimum absolute atomic E-state index is 0.0390. The molecule has 0 saturated heterocycles. The lowest BCUT2D eigenvalue weighted by Crippen LogP contribution is -2.59. The predicted octanol–water partition coefficient (Wildman–Crippen LogP) is 3.34. The number of benzene rings is 2. The summed E-state index contributed by atoms with van der Waals surface area (Å²) in [5, 5.41) is 17.1. The lowest BCUT2D eigenvalue weighted by molar-refractivity contribution is -0.139. The maximum Gasteiger partial charge on any atom is 0.150 e. The van der Waals surface area contributed by atoms with Crippen LogP contribution in [0.15, 0.2) is 48.7 Å². The third kappa shape index (κ3) is 1.42. The van der Waals surface area contributed by atoms with E-state index in [1.807, 2.05) is 12.1 Å². The second-order valence-corrected chi connectivity index (χ2v) is 8.66. The first-order valence-corrected chi connectivity index (χ1v) is 9.57. The van der Waals surface area contributed by atoms with Gasteiger partial charge in [-0.3, -0.25) is 0 Å². The monoisotopic (exact) mass is 361 g/mol. The number of allylic oxidation sites excluding steroid dienone is 1. The molecule has 7 rings (SSSR count). The number of methoxy groups -OCH3 is 1. The maximum atomic E-state index is 11.0. The molecule has 3 aliphatic carbocycles. The summed E-state index contributed by atoms with van der Waals surface area (Å²) in [5.74, 6) is 1.73. The van der Waals surface area contributed by atoms with Crippen molar-refractivity contribution >= 4 is 16.5 Å². The molecule has 5 aliphatic rings. The van der Waals surface area contributed by atoms with Crippen LogP contribution in [0.3, 0.4) is 0 Å². The van der Waals surface area contributed by atoms with Crippen molar-refractivity contribution in [3.63, 3.8) is 0 Å². The van der Waals surface area contributed by atoms with Gasteiger partial charge in [-0.2, -0.15) is 0 Å². The summed E-state index contributed by atoms with van der Waals surface area (Å²) < 4.78 is 12.0. The van der Waals surface area contributed by atoms with Gasteiger partial charge in [0.05, 0.1) is 23.4 Å². The summed E-state index contributed by atoms with van der Waals surface area (Å²) in [6.07, 6.45) is 1.45. The number of ether oxygens (including phenoxy) is 2. The summed E-state index contributed by atoms with van der Waals surface area (Å²) in [5.41, 5.74) is 2.89. The van der Waals surface area contributed by atoms with Gasteiger partial charge in [0.15, 0.2) is 5.76 Å². The zero-order valence-corrected chi connectivity index (χ0v) is 15.7. The van der Waals surface area contributed by atoms with Gasteiger partial charge in [0.25, 0.3) is 0 Å². The first-order valence-electron chi connectivity index (χ1n) is 9.57. The number of hydrogen-bond acceptors (Lipinski definition) is 4. The maximum absolute atomic E-state index is 11.0. The summed E-state index contributed by atoms with van der Waals surface area (Å²) in [4.78, 5) is 0. The molecule has 3 saturated carbocycles. The Morgan fingerprint density at radius 1 is 1.22 bits per heavy atom. The van der Waals surface area contributed by atoms with Gasteiger partial charge in [0.1, 0.15) is 5.75 Å². The molecule has 2 aromatic carbocycles. The molecule has 0 radical (unpaired) electrons. The summed E-state index contributed by atoms with van der Waals surface area (Å²) in [6, 6.07) is 10.6. The lowest BCUT2D eigenvalue weighted by atomic mass is 9.63. The van der Waals surface area contributed by atoms with Crippen LogP contribution < -0.4 is 10.1 Å². The molecular formula is C23H23NO3. The molecule has 0 amide bonds. The largest absolute Gasteiger partial charge is 0.455 e. The second kappa shape index (κ2) is 4.57. The Balaban J connectivity index is 1.75. The molecule has 4 heteroatoms. The Kier molecular flexibility index (Phi) is 2.66. The van der Waals surface area contributed by atoms with Crippen LogP contribution in [-0.2, 0) is 10.2 Å². The SMILES string of the molecule is C=CC1=C2NC3(C)C4C(O)C(C4OC)C3(C)c3ccc4cccc(c4c32)O1. The van der Waals surface area contributed by atoms with Crippen LogP contribution in [-0.4, -0.2) is 30.0 Å². The Bertz CT molecular complexity index is 1070. The van der Waals surface area contributed by atoms with Gasteiger partial charge >= 0.3 is 0 Å². The number of hydrogen-bond donors (Lipinski definition) is 2. The van der Waals surface area contributed by atoms with E-state index in [4.69, 9.17) is 9.47 Å². The van der Waals surface area contributed by atoms with Crippen molar-refractivity contribution in [2.45, 2.75) is 37.0 Å². The lowest BCUT2D eigenvalue weighted by Gasteiger charge is -2.49. The molecule has 2 N–H and O–H groups in total. The fourth-order valence-corrected chi connectivity index (χ4v) is 6.63. The zero-order valence-electron chi connectivity index (χ0n) is 15.7. The molecule has 4 nitrogen and oxygen atoms in total. The second-order valence-electron chi connectivity index (χ2n) is 8.66. The van der Waals surface area contributed by atoms with E-state index in [0.29, 0.717) is 0 Å². The van der Waals surface area contributed by atoms with E-state index in [9.17, 15) is 5.11 Å². The van der Waals surface area contributed by atoms with E-state index < -0.39 is 0 Å². The summed E-state index contributed by atoms with van der Waals surface area (Å²) in [7, 11) is 1.76. The standard InChI is InChI=1S/C23H23NO3/c1-5-13-19-16-12(10-9-11-7-6-8-14(27-13)15(11)16)22(2)17-20(25)18(21(17)26-4)23(22,3)24-19/h5-10,17-18,20-21,24-25H,1H2,2-4H3. The van der Waals surface area contributed by atoms with Gasteiger partial charge in [0.2, 0.25) is 0 Å². The fourth-order valence-electron chi connectivity index (χ4n) is 6.63. The molecule has 0 spiro atoms. The van der Waals surface area contributed by atoms with E-state index in [1.54, 1.807) is 13.2 Å². The molecule has 3 fully saturated rings. The average molecular weight is 361 g/mol. The van der Waals surface area contributed by atoms with Crippen LogP contribution in [0, 0.1) is 11.8 Å². The fraction of sp³-hybridized carbons (Fsp3) is 0.391. The molecular weight excluding hydrogens is 338 g/mol. The van der Waals surface area contributed by atoms with Crippen LogP contribution in [0.1, 0.15) is 25.0 Å². The highest BCUT2D eigenvalue weighted by Gasteiger charge is 2.79. The van der Waals surface area contributed by atoms with Crippen molar-refractivity contribution in [1.82, 2.24) is 5.32 Å². The highest BCUT2D eigenvalue weighted by molar-refractivity contribution is 6.02. The summed E-state index contributed by atoms with van der Waals surface area (Å²) in [6.45, 7) is 8.49. The van der Waals surface area contributed by atoms with Gasteiger partial charge in [-0.25, -0.2) is 0 Å². The Labute approximate surface area is 158 Å². The van der Waals surface area contributed by atoms with Gasteiger partial charge in [-0.05, 0) is 30.0 Å². The van der Waals surface area contributed by atoms with E-state index >= 15 is 0 Å². The van der Waals surface area contributed by atoms with Gasteiger partial charge < -0.3 is 19.9 Å².